The first-order valence-electron chi connectivity index (χ1n) is 7.61. The van der Waals surface area contributed by atoms with Gasteiger partial charge >= 0.3 is 0 Å². The number of nitrogens with zero attached hydrogens (tertiary/aromatic N) is 3. The van der Waals surface area contributed by atoms with E-state index < -0.39 is 5.82 Å². The van der Waals surface area contributed by atoms with Crippen LogP contribution in [0.1, 0.15) is 12.8 Å². The Morgan fingerprint density at radius 1 is 1.33 bits per heavy atom. The van der Waals surface area contributed by atoms with Crippen molar-refractivity contribution in [3.8, 4) is 5.75 Å². The lowest BCUT2D eigenvalue weighted by molar-refractivity contribution is 0.120. The lowest BCUT2D eigenvalue weighted by Crippen LogP contribution is -2.20. The number of ether oxygens (including phenoxy) is 2. The van der Waals surface area contributed by atoms with Gasteiger partial charge in [-0.3, -0.25) is 0 Å². The van der Waals surface area contributed by atoms with Gasteiger partial charge in [-0.2, -0.15) is 15.0 Å². The summed E-state index contributed by atoms with van der Waals surface area (Å²) in [6.45, 7) is 1.38. The summed E-state index contributed by atoms with van der Waals surface area (Å²) in [6.07, 6.45) is 2.21. The van der Waals surface area contributed by atoms with Crippen LogP contribution in [-0.4, -0.2) is 41.3 Å². The number of hydrogen-bond donors (Lipinski definition) is 3. The zero-order valence-electron chi connectivity index (χ0n) is 13.3. The van der Waals surface area contributed by atoms with E-state index in [1.165, 1.54) is 19.2 Å². The molecule has 1 unspecified atom stereocenters. The molecule has 1 fully saturated rings. The third-order valence-electron chi connectivity index (χ3n) is 3.57. The third kappa shape index (κ3) is 3.99. The Hall–Kier alpha value is -2.68. The van der Waals surface area contributed by atoms with E-state index in [0.717, 1.165) is 19.4 Å². The van der Waals surface area contributed by atoms with Crippen LogP contribution in [0.3, 0.4) is 0 Å². The molecule has 0 bridgehead atoms. The van der Waals surface area contributed by atoms with Gasteiger partial charge in [-0.05, 0) is 25.0 Å². The molecule has 0 radical (unpaired) electrons. The molecule has 1 saturated heterocycles. The van der Waals surface area contributed by atoms with Crippen molar-refractivity contribution >= 4 is 23.5 Å². The number of rotatable bonds is 6. The topological polar surface area (TPSA) is 107 Å². The standard InChI is InChI=1S/C15H19FN6O2/c1-23-12-5-4-9(7-11(12)16)19-15-21-13(17)20-14(22-15)18-8-10-3-2-6-24-10/h4-5,7,10H,2-3,6,8H2,1H3,(H4,17,18,19,20,21,22). The van der Waals surface area contributed by atoms with Crippen molar-refractivity contribution in [2.24, 2.45) is 0 Å². The number of nitrogens with two attached hydrogens (primary N) is 1. The van der Waals surface area contributed by atoms with Crippen LogP contribution in [0.2, 0.25) is 0 Å². The van der Waals surface area contributed by atoms with Crippen molar-refractivity contribution in [2.75, 3.05) is 36.6 Å². The molecule has 2 heterocycles. The largest absolute Gasteiger partial charge is 0.494 e. The van der Waals surface area contributed by atoms with Crippen molar-refractivity contribution < 1.29 is 13.9 Å². The van der Waals surface area contributed by atoms with Gasteiger partial charge in [0.1, 0.15) is 0 Å². The fourth-order valence-electron chi connectivity index (χ4n) is 2.41. The molecule has 1 aromatic carbocycles. The molecule has 8 nitrogen and oxygen atoms in total. The van der Waals surface area contributed by atoms with Crippen LogP contribution in [0.5, 0.6) is 5.75 Å². The second-order valence-corrected chi connectivity index (χ2v) is 5.33. The molecule has 0 aliphatic carbocycles. The molecule has 0 saturated carbocycles. The van der Waals surface area contributed by atoms with Crippen LogP contribution in [0, 0.1) is 5.82 Å². The van der Waals surface area contributed by atoms with Crippen LogP contribution in [0.15, 0.2) is 18.2 Å². The van der Waals surface area contributed by atoms with Gasteiger partial charge in [-0.25, -0.2) is 4.39 Å². The molecule has 0 spiro atoms. The minimum absolute atomic E-state index is 0.0660. The molecule has 3 rings (SSSR count). The Kier molecular flexibility index (Phi) is 4.90. The van der Waals surface area contributed by atoms with Crippen LogP contribution in [-0.2, 0) is 4.74 Å². The number of hydrogen-bond acceptors (Lipinski definition) is 8. The Morgan fingerprint density at radius 3 is 2.88 bits per heavy atom. The second kappa shape index (κ2) is 7.26. The van der Waals surface area contributed by atoms with Crippen molar-refractivity contribution in [3.05, 3.63) is 24.0 Å². The Morgan fingerprint density at radius 2 is 2.17 bits per heavy atom. The maximum Gasteiger partial charge on any atom is 0.233 e. The summed E-state index contributed by atoms with van der Waals surface area (Å²) in [4.78, 5) is 12.3. The smallest absolute Gasteiger partial charge is 0.233 e. The normalized spacial score (nSPS) is 16.8. The maximum atomic E-state index is 13.7. The Bertz CT molecular complexity index is 708. The lowest BCUT2D eigenvalue weighted by atomic mass is 10.2. The number of nitrogen functional groups attached to an aromatic ring is 1. The number of methoxy groups -OCH3 is 1. The molecular weight excluding hydrogens is 315 g/mol. The van der Waals surface area contributed by atoms with E-state index in [-0.39, 0.29) is 23.8 Å². The highest BCUT2D eigenvalue weighted by atomic mass is 19.1. The second-order valence-electron chi connectivity index (χ2n) is 5.33. The molecule has 1 aliphatic heterocycles. The first kappa shape index (κ1) is 16.2. The van der Waals surface area contributed by atoms with Gasteiger partial charge in [0.2, 0.25) is 17.8 Å². The van der Waals surface area contributed by atoms with E-state index in [4.69, 9.17) is 15.2 Å². The molecule has 1 aliphatic rings. The summed E-state index contributed by atoms with van der Waals surface area (Å²) < 4.78 is 24.2. The highest BCUT2D eigenvalue weighted by Gasteiger charge is 2.16. The monoisotopic (exact) mass is 334 g/mol. The molecule has 1 atom stereocenters. The molecule has 1 aromatic heterocycles. The van der Waals surface area contributed by atoms with Crippen molar-refractivity contribution in [3.63, 3.8) is 0 Å². The summed E-state index contributed by atoms with van der Waals surface area (Å²) in [5.41, 5.74) is 6.18. The van der Waals surface area contributed by atoms with Gasteiger partial charge in [0.15, 0.2) is 11.6 Å². The van der Waals surface area contributed by atoms with E-state index in [0.29, 0.717) is 18.2 Å². The highest BCUT2D eigenvalue weighted by Crippen LogP contribution is 2.23. The molecular formula is C15H19FN6O2. The van der Waals surface area contributed by atoms with Crippen LogP contribution in [0.25, 0.3) is 0 Å². The predicted molar refractivity (Wildman–Crippen MR) is 87.9 cm³/mol. The fourth-order valence-corrected chi connectivity index (χ4v) is 2.41. The van der Waals surface area contributed by atoms with Crippen LogP contribution >= 0.6 is 0 Å². The summed E-state index contributed by atoms with van der Waals surface area (Å²) in [6, 6.07) is 4.46. The number of benzene rings is 1. The Labute approximate surface area is 138 Å². The molecule has 4 N–H and O–H groups in total. The minimum atomic E-state index is -0.485. The van der Waals surface area contributed by atoms with Gasteiger partial charge in [0.05, 0.1) is 13.2 Å². The van der Waals surface area contributed by atoms with Gasteiger partial charge in [-0.1, -0.05) is 0 Å². The SMILES string of the molecule is COc1ccc(Nc2nc(N)nc(NCC3CCCO3)n2)cc1F. The van der Waals surface area contributed by atoms with E-state index in [9.17, 15) is 4.39 Å². The number of halogens is 1. The fraction of sp³-hybridized carbons (Fsp3) is 0.400. The summed E-state index contributed by atoms with van der Waals surface area (Å²) in [5, 5.41) is 5.98. The average molecular weight is 334 g/mol. The lowest BCUT2D eigenvalue weighted by Gasteiger charge is -2.12. The molecule has 9 heteroatoms. The van der Waals surface area contributed by atoms with Gasteiger partial charge in [0.25, 0.3) is 0 Å². The highest BCUT2D eigenvalue weighted by molar-refractivity contribution is 5.56. The number of anilines is 4. The molecule has 0 amide bonds. The van der Waals surface area contributed by atoms with Crippen LogP contribution in [0.4, 0.5) is 27.9 Å². The van der Waals surface area contributed by atoms with Crippen molar-refractivity contribution in [2.45, 2.75) is 18.9 Å². The molecule has 2 aromatic rings. The van der Waals surface area contributed by atoms with E-state index in [1.54, 1.807) is 6.07 Å². The minimum Gasteiger partial charge on any atom is -0.494 e. The van der Waals surface area contributed by atoms with Crippen molar-refractivity contribution in [1.82, 2.24) is 15.0 Å². The zero-order chi connectivity index (χ0) is 16.9. The first-order valence-corrected chi connectivity index (χ1v) is 7.61. The quantitative estimate of drug-likeness (QED) is 0.736. The Balaban J connectivity index is 1.69. The van der Waals surface area contributed by atoms with Crippen molar-refractivity contribution in [1.29, 1.82) is 0 Å². The molecule has 128 valence electrons. The summed E-state index contributed by atoms with van der Waals surface area (Å²) in [7, 11) is 1.41. The first-order chi connectivity index (χ1) is 11.6. The number of nitrogens with one attached hydrogen (secondary N) is 2. The van der Waals surface area contributed by atoms with Gasteiger partial charge < -0.3 is 25.8 Å². The van der Waals surface area contributed by atoms with E-state index in [2.05, 4.69) is 25.6 Å². The maximum absolute atomic E-state index is 13.7. The average Bonchev–Trinajstić information content (AvgIpc) is 3.06. The zero-order valence-corrected chi connectivity index (χ0v) is 13.3. The third-order valence-corrected chi connectivity index (χ3v) is 3.57. The summed E-state index contributed by atoms with van der Waals surface area (Å²) in [5.74, 6) is 0.309. The molecule has 24 heavy (non-hydrogen) atoms. The van der Waals surface area contributed by atoms with Gasteiger partial charge in [0, 0.05) is 24.9 Å². The number of aromatic nitrogens is 3. The van der Waals surface area contributed by atoms with Crippen LogP contribution < -0.4 is 21.1 Å². The predicted octanol–water partition coefficient (Wildman–Crippen LogP) is 1.94. The van der Waals surface area contributed by atoms with E-state index in [1.807, 2.05) is 0 Å². The summed E-state index contributed by atoms with van der Waals surface area (Å²) >= 11 is 0. The van der Waals surface area contributed by atoms with E-state index >= 15 is 0 Å². The van der Waals surface area contributed by atoms with Gasteiger partial charge in [-0.15, -0.1) is 0 Å².